The van der Waals surface area contributed by atoms with E-state index in [1.54, 1.807) is 0 Å². The number of hydrogen-bond donors (Lipinski definition) is 1. The first-order chi connectivity index (χ1) is 10.8. The lowest BCUT2D eigenvalue weighted by Gasteiger charge is -2.17. The van der Waals surface area contributed by atoms with Crippen LogP contribution >= 0.6 is 0 Å². The molecule has 1 aliphatic heterocycles. The van der Waals surface area contributed by atoms with Crippen LogP contribution in [0.25, 0.3) is 0 Å². The van der Waals surface area contributed by atoms with Gasteiger partial charge in [-0.25, -0.2) is 0 Å². The predicted molar refractivity (Wildman–Crippen MR) is 87.5 cm³/mol. The first-order valence-electron chi connectivity index (χ1n) is 7.92. The molecule has 0 spiro atoms. The van der Waals surface area contributed by atoms with Gasteiger partial charge in [0.05, 0.1) is 18.9 Å². The summed E-state index contributed by atoms with van der Waals surface area (Å²) in [5.74, 6) is 0. The van der Waals surface area contributed by atoms with Gasteiger partial charge in [0.1, 0.15) is 0 Å². The molecule has 0 bridgehead atoms. The molecule has 0 aliphatic carbocycles. The highest BCUT2D eigenvalue weighted by atomic mass is 16.5. The summed E-state index contributed by atoms with van der Waals surface area (Å²) < 4.78 is 5.85. The molecule has 2 aromatic carbocycles. The number of benzene rings is 2. The van der Waals surface area contributed by atoms with E-state index < -0.39 is 6.10 Å². The normalized spacial score (nSPS) is 20.1. The van der Waals surface area contributed by atoms with E-state index in [2.05, 4.69) is 29.2 Å². The van der Waals surface area contributed by atoms with Crippen LogP contribution in [-0.2, 0) is 11.2 Å². The SMILES string of the molecule is OC(CCN1COC(Cc2ccccc2)C1)c1ccccc1. The summed E-state index contributed by atoms with van der Waals surface area (Å²) in [6.07, 6.45) is 1.56. The molecule has 1 heterocycles. The fraction of sp³-hybridized carbons (Fsp3) is 0.368. The van der Waals surface area contributed by atoms with Crippen molar-refractivity contribution in [1.29, 1.82) is 0 Å². The third-order valence-electron chi connectivity index (χ3n) is 4.16. The summed E-state index contributed by atoms with van der Waals surface area (Å²) in [5, 5.41) is 10.2. The Morgan fingerprint density at radius 3 is 2.45 bits per heavy atom. The second-order valence-corrected chi connectivity index (χ2v) is 5.90. The first kappa shape index (κ1) is 15.2. The van der Waals surface area contributed by atoms with Crippen LogP contribution in [0, 0.1) is 0 Å². The zero-order valence-corrected chi connectivity index (χ0v) is 12.8. The number of hydrogen-bond acceptors (Lipinski definition) is 3. The summed E-state index contributed by atoms with van der Waals surface area (Å²) in [4.78, 5) is 2.28. The molecule has 0 radical (unpaired) electrons. The third kappa shape index (κ3) is 4.17. The van der Waals surface area contributed by atoms with E-state index >= 15 is 0 Å². The lowest BCUT2D eigenvalue weighted by Crippen LogP contribution is -2.25. The maximum Gasteiger partial charge on any atom is 0.0995 e. The topological polar surface area (TPSA) is 32.7 Å². The van der Waals surface area contributed by atoms with Gasteiger partial charge in [0.25, 0.3) is 0 Å². The van der Waals surface area contributed by atoms with E-state index in [0.717, 1.165) is 31.5 Å². The second kappa shape index (κ2) is 7.54. The van der Waals surface area contributed by atoms with Gasteiger partial charge in [-0.05, 0) is 24.0 Å². The molecule has 3 heteroatoms. The van der Waals surface area contributed by atoms with Gasteiger partial charge in [-0.1, -0.05) is 60.7 Å². The van der Waals surface area contributed by atoms with Gasteiger partial charge in [-0.2, -0.15) is 0 Å². The van der Waals surface area contributed by atoms with Gasteiger partial charge in [-0.15, -0.1) is 0 Å². The molecule has 116 valence electrons. The fourth-order valence-corrected chi connectivity index (χ4v) is 2.91. The molecule has 3 rings (SSSR count). The van der Waals surface area contributed by atoms with Gasteiger partial charge in [-0.3, -0.25) is 4.90 Å². The Morgan fingerprint density at radius 1 is 1.05 bits per heavy atom. The highest BCUT2D eigenvalue weighted by molar-refractivity contribution is 5.17. The zero-order chi connectivity index (χ0) is 15.2. The minimum absolute atomic E-state index is 0.260. The minimum Gasteiger partial charge on any atom is -0.388 e. The van der Waals surface area contributed by atoms with Crippen molar-refractivity contribution < 1.29 is 9.84 Å². The molecular weight excluding hydrogens is 274 g/mol. The van der Waals surface area contributed by atoms with Crippen molar-refractivity contribution in [3.63, 3.8) is 0 Å². The molecule has 3 nitrogen and oxygen atoms in total. The van der Waals surface area contributed by atoms with Crippen molar-refractivity contribution in [3.05, 3.63) is 71.8 Å². The number of aliphatic hydroxyl groups excluding tert-OH is 1. The van der Waals surface area contributed by atoms with E-state index in [1.165, 1.54) is 5.56 Å². The lowest BCUT2D eigenvalue weighted by atomic mass is 10.1. The Hall–Kier alpha value is -1.68. The second-order valence-electron chi connectivity index (χ2n) is 5.90. The summed E-state index contributed by atoms with van der Waals surface area (Å²) >= 11 is 0. The number of nitrogens with zero attached hydrogens (tertiary/aromatic N) is 1. The average Bonchev–Trinajstić information content (AvgIpc) is 3.02. The summed E-state index contributed by atoms with van der Waals surface area (Å²) in [5.41, 5.74) is 2.31. The van der Waals surface area contributed by atoms with Crippen molar-refractivity contribution in [2.75, 3.05) is 19.8 Å². The third-order valence-corrected chi connectivity index (χ3v) is 4.16. The largest absolute Gasteiger partial charge is 0.388 e. The van der Waals surface area contributed by atoms with Gasteiger partial charge in [0.2, 0.25) is 0 Å². The highest BCUT2D eigenvalue weighted by Gasteiger charge is 2.23. The van der Waals surface area contributed by atoms with Crippen molar-refractivity contribution >= 4 is 0 Å². The molecule has 1 N–H and O–H groups in total. The van der Waals surface area contributed by atoms with E-state index in [9.17, 15) is 5.11 Å². The average molecular weight is 297 g/mol. The van der Waals surface area contributed by atoms with Crippen LogP contribution in [0.5, 0.6) is 0 Å². The molecule has 1 aliphatic rings. The Bertz CT molecular complexity index is 558. The molecule has 0 aromatic heterocycles. The van der Waals surface area contributed by atoms with Gasteiger partial charge in [0.15, 0.2) is 0 Å². The molecule has 2 atom stereocenters. The van der Waals surface area contributed by atoms with Crippen LogP contribution in [0.1, 0.15) is 23.7 Å². The van der Waals surface area contributed by atoms with E-state index in [1.807, 2.05) is 36.4 Å². The molecule has 2 aromatic rings. The summed E-state index contributed by atoms with van der Waals surface area (Å²) in [6.45, 7) is 2.47. The summed E-state index contributed by atoms with van der Waals surface area (Å²) in [7, 11) is 0. The molecule has 0 amide bonds. The van der Waals surface area contributed by atoms with E-state index in [4.69, 9.17) is 4.74 Å². The quantitative estimate of drug-likeness (QED) is 0.889. The monoisotopic (exact) mass is 297 g/mol. The number of ether oxygens (including phenoxy) is 1. The van der Waals surface area contributed by atoms with Gasteiger partial charge >= 0.3 is 0 Å². The maximum atomic E-state index is 10.2. The van der Waals surface area contributed by atoms with Crippen molar-refractivity contribution in [3.8, 4) is 0 Å². The Balaban J connectivity index is 1.43. The molecular formula is C19H23NO2. The van der Waals surface area contributed by atoms with Crippen LogP contribution in [0.3, 0.4) is 0 Å². The van der Waals surface area contributed by atoms with Crippen LogP contribution in [-0.4, -0.2) is 35.9 Å². The van der Waals surface area contributed by atoms with Crippen LogP contribution < -0.4 is 0 Å². The Labute approximate surface area is 132 Å². The maximum absolute atomic E-state index is 10.2. The number of aliphatic hydroxyl groups is 1. The number of rotatable bonds is 6. The summed E-state index contributed by atoms with van der Waals surface area (Å²) in [6, 6.07) is 20.3. The zero-order valence-electron chi connectivity index (χ0n) is 12.8. The van der Waals surface area contributed by atoms with Crippen molar-refractivity contribution in [2.45, 2.75) is 25.0 Å². The standard InChI is InChI=1S/C19H23NO2/c21-19(17-9-5-2-6-10-17)11-12-20-14-18(22-15-20)13-16-7-3-1-4-8-16/h1-10,18-19,21H,11-15H2. The predicted octanol–water partition coefficient (Wildman–Crippen LogP) is 3.01. The van der Waals surface area contributed by atoms with Crippen LogP contribution in [0.15, 0.2) is 60.7 Å². The molecule has 0 saturated carbocycles. The first-order valence-corrected chi connectivity index (χ1v) is 7.92. The fourth-order valence-electron chi connectivity index (χ4n) is 2.91. The van der Waals surface area contributed by atoms with E-state index in [0.29, 0.717) is 6.73 Å². The molecule has 2 unspecified atom stereocenters. The minimum atomic E-state index is -0.394. The van der Waals surface area contributed by atoms with Crippen molar-refractivity contribution in [2.24, 2.45) is 0 Å². The van der Waals surface area contributed by atoms with Crippen molar-refractivity contribution in [1.82, 2.24) is 4.90 Å². The Kier molecular flexibility index (Phi) is 5.22. The molecule has 22 heavy (non-hydrogen) atoms. The smallest absolute Gasteiger partial charge is 0.0995 e. The van der Waals surface area contributed by atoms with E-state index in [-0.39, 0.29) is 6.10 Å². The highest BCUT2D eigenvalue weighted by Crippen LogP contribution is 2.19. The lowest BCUT2D eigenvalue weighted by molar-refractivity contribution is 0.0826. The molecule has 1 fully saturated rings. The van der Waals surface area contributed by atoms with Gasteiger partial charge in [0, 0.05) is 13.1 Å². The van der Waals surface area contributed by atoms with Crippen LogP contribution in [0.4, 0.5) is 0 Å². The Morgan fingerprint density at radius 2 is 1.73 bits per heavy atom. The van der Waals surface area contributed by atoms with Crippen LogP contribution in [0.2, 0.25) is 0 Å². The van der Waals surface area contributed by atoms with Gasteiger partial charge < -0.3 is 9.84 Å². The molecule has 1 saturated heterocycles.